The van der Waals surface area contributed by atoms with Gasteiger partial charge >= 0.3 is 0 Å². The average Bonchev–Trinajstić information content (AvgIpc) is 2.13. The highest BCUT2D eigenvalue weighted by molar-refractivity contribution is 7.57. The fourth-order valence-corrected chi connectivity index (χ4v) is 6.65. The average molecular weight is 290 g/mol. The van der Waals surface area contributed by atoms with Crippen LogP contribution in [0, 0.1) is 5.16 Å². The lowest BCUT2D eigenvalue weighted by molar-refractivity contribution is 0.226. The van der Waals surface area contributed by atoms with E-state index >= 15 is 0 Å². The first-order valence-corrected chi connectivity index (χ1v) is 9.02. The Kier molecular flexibility index (Phi) is 7.26. The summed E-state index contributed by atoms with van der Waals surface area (Å²) in [6.45, 7) is 17.6. The molecule has 0 bridgehead atoms. The van der Waals surface area contributed by atoms with Crippen LogP contribution < -0.4 is 0 Å². The largest absolute Gasteiger partial charge is 0.277 e. The molecule has 0 fully saturated rings. The van der Waals surface area contributed by atoms with Crippen LogP contribution in [-0.2, 0) is 0 Å². The first kappa shape index (κ1) is 19.1. The number of nitrogens with one attached hydrogen (secondary N) is 1. The smallest absolute Gasteiger partial charge is 0.165 e. The predicted octanol–water partition coefficient (Wildman–Crippen LogP) is 4.31. The zero-order valence-corrected chi connectivity index (χ0v) is 15.5. The summed E-state index contributed by atoms with van der Waals surface area (Å²) in [5.74, 6) is 0. The van der Waals surface area contributed by atoms with Crippen LogP contribution in [0.4, 0.5) is 0 Å². The summed E-state index contributed by atoms with van der Waals surface area (Å²) in [6, 6.07) is 1.47. The first-order chi connectivity index (χ1) is 8.47. The molecule has 0 amide bonds. The molecule has 0 aliphatic heterocycles. The minimum atomic E-state index is -2.24. The van der Waals surface area contributed by atoms with Crippen molar-refractivity contribution in [2.75, 3.05) is 14.1 Å². The Morgan fingerprint density at radius 2 is 0.842 bits per heavy atom. The molecule has 0 unspecified atom stereocenters. The zero-order valence-electron chi connectivity index (χ0n) is 14.6. The van der Waals surface area contributed by atoms with Gasteiger partial charge in [-0.05, 0) is 69.5 Å². The van der Waals surface area contributed by atoms with E-state index in [0.29, 0.717) is 24.2 Å². The second kappa shape index (κ2) is 7.21. The van der Waals surface area contributed by atoms with E-state index in [9.17, 15) is 5.16 Å². The van der Waals surface area contributed by atoms with Crippen LogP contribution in [0.2, 0.25) is 0 Å². The van der Waals surface area contributed by atoms with Gasteiger partial charge in [-0.3, -0.25) is 9.83 Å². The fraction of sp³-hybridized carbons (Fsp3) is 1.00. The van der Waals surface area contributed by atoms with Crippen LogP contribution in [0.25, 0.3) is 0 Å². The molecule has 19 heavy (non-hydrogen) atoms. The van der Waals surface area contributed by atoms with E-state index in [2.05, 4.69) is 83.5 Å². The topological polar surface area (TPSA) is 33.6 Å². The third-order valence-electron chi connectivity index (χ3n) is 3.32. The third kappa shape index (κ3) is 4.04. The molecule has 0 aliphatic carbocycles. The van der Waals surface area contributed by atoms with Gasteiger partial charge in [-0.15, -0.1) is 0 Å². The van der Waals surface area contributed by atoms with Gasteiger partial charge in [-0.2, -0.15) is 0 Å². The van der Waals surface area contributed by atoms with Crippen molar-refractivity contribution in [3.63, 3.8) is 0 Å². The molecule has 0 rings (SSSR count). The van der Waals surface area contributed by atoms with Gasteiger partial charge < -0.3 is 0 Å². The molecule has 0 saturated carbocycles. The fourth-order valence-electron chi connectivity index (χ4n) is 3.01. The minimum Gasteiger partial charge on any atom is -0.277 e. The van der Waals surface area contributed by atoms with E-state index in [-0.39, 0.29) is 0 Å². The maximum Gasteiger partial charge on any atom is 0.165 e. The standard InChI is InChI=1S/C14H35N4P/c1-11(2)17(12(3)4)19(15,16(9)10)18(13(5)6)14(7)8/h11-15H,1-10H3. The Hall–Kier alpha value is 0.110. The summed E-state index contributed by atoms with van der Waals surface area (Å²) in [6.07, 6.45) is 0. The molecular weight excluding hydrogens is 255 g/mol. The molecule has 0 saturated heterocycles. The van der Waals surface area contributed by atoms with E-state index < -0.39 is 7.51 Å². The Labute approximate surface area is 121 Å². The molecular formula is C14H35N4P. The molecule has 4 nitrogen and oxygen atoms in total. The van der Waals surface area contributed by atoms with Gasteiger partial charge in [-0.25, -0.2) is 9.34 Å². The highest BCUT2D eigenvalue weighted by atomic mass is 31.2. The maximum atomic E-state index is 9.30. The summed E-state index contributed by atoms with van der Waals surface area (Å²) >= 11 is 0. The van der Waals surface area contributed by atoms with Gasteiger partial charge in [0.15, 0.2) is 7.51 Å². The predicted molar refractivity (Wildman–Crippen MR) is 87.5 cm³/mol. The van der Waals surface area contributed by atoms with E-state index in [4.69, 9.17) is 0 Å². The number of hydrogen-bond acceptors (Lipinski definition) is 1. The van der Waals surface area contributed by atoms with Gasteiger partial charge in [0.2, 0.25) is 0 Å². The monoisotopic (exact) mass is 290 g/mol. The second-order valence-electron chi connectivity index (χ2n) is 6.55. The quantitative estimate of drug-likeness (QED) is 0.709. The van der Waals surface area contributed by atoms with Crippen LogP contribution in [0.5, 0.6) is 0 Å². The van der Waals surface area contributed by atoms with Crippen LogP contribution in [0.15, 0.2) is 0 Å². The van der Waals surface area contributed by atoms with Crippen LogP contribution >= 0.6 is 7.51 Å². The molecule has 5 heteroatoms. The Morgan fingerprint density at radius 3 is 0.947 bits per heavy atom. The number of hydrogen-bond donors (Lipinski definition) is 1. The molecule has 0 atom stereocenters. The minimum absolute atomic E-state index is 0.369. The summed E-state index contributed by atoms with van der Waals surface area (Å²) in [5, 5.41) is 9.30. The lowest BCUT2D eigenvalue weighted by atomic mass is 10.3. The molecule has 0 heterocycles. The maximum absolute atomic E-state index is 9.30. The first-order valence-electron chi connectivity index (χ1n) is 7.37. The molecule has 0 aromatic carbocycles. The number of nitrogens with zero attached hydrogens (tertiary/aromatic N) is 3. The van der Waals surface area contributed by atoms with Gasteiger partial charge in [-0.1, -0.05) is 0 Å². The molecule has 116 valence electrons. The third-order valence-corrected chi connectivity index (χ3v) is 7.57. The highest BCUT2D eigenvalue weighted by Gasteiger charge is 2.40. The van der Waals surface area contributed by atoms with Crippen molar-refractivity contribution in [3.8, 4) is 0 Å². The van der Waals surface area contributed by atoms with Crippen molar-refractivity contribution in [1.82, 2.24) is 14.0 Å². The van der Waals surface area contributed by atoms with Crippen LogP contribution in [0.3, 0.4) is 0 Å². The van der Waals surface area contributed by atoms with Crippen molar-refractivity contribution in [2.24, 2.45) is 0 Å². The number of rotatable bonds is 7. The van der Waals surface area contributed by atoms with Gasteiger partial charge in [0.25, 0.3) is 0 Å². The summed E-state index contributed by atoms with van der Waals surface area (Å²) in [5.41, 5.74) is 0. The van der Waals surface area contributed by atoms with E-state index in [1.54, 1.807) is 0 Å². The molecule has 0 aromatic rings. The SMILES string of the molecule is CC(C)N(C(C)C)P(=N)(N(C)C)N(C(C)C)C(C)C. The van der Waals surface area contributed by atoms with E-state index in [1.807, 2.05) is 0 Å². The molecule has 0 aliphatic rings. The second-order valence-corrected chi connectivity index (χ2v) is 9.41. The van der Waals surface area contributed by atoms with E-state index in [1.165, 1.54) is 0 Å². The van der Waals surface area contributed by atoms with E-state index in [0.717, 1.165) is 0 Å². The van der Waals surface area contributed by atoms with Crippen molar-refractivity contribution < 1.29 is 0 Å². The van der Waals surface area contributed by atoms with Crippen LogP contribution in [-0.4, -0.2) is 52.3 Å². The van der Waals surface area contributed by atoms with Crippen molar-refractivity contribution in [2.45, 2.75) is 79.6 Å². The normalized spacial score (nSPS) is 14.2. The Balaban J connectivity index is 5.89. The summed E-state index contributed by atoms with van der Waals surface area (Å²) < 4.78 is 6.90. The van der Waals surface area contributed by atoms with Gasteiger partial charge in [0.05, 0.1) is 0 Å². The zero-order chi connectivity index (χ0) is 15.5. The lowest BCUT2D eigenvalue weighted by Crippen LogP contribution is -2.48. The van der Waals surface area contributed by atoms with Crippen LogP contribution in [0.1, 0.15) is 55.4 Å². The Bertz CT molecular complexity index is 271. The van der Waals surface area contributed by atoms with Gasteiger partial charge in [0, 0.05) is 24.2 Å². The summed E-state index contributed by atoms with van der Waals surface area (Å²) in [7, 11) is 1.87. The van der Waals surface area contributed by atoms with Crippen molar-refractivity contribution >= 4 is 7.51 Å². The van der Waals surface area contributed by atoms with Gasteiger partial charge in [0.1, 0.15) is 0 Å². The van der Waals surface area contributed by atoms with Crippen molar-refractivity contribution in [1.29, 1.82) is 5.16 Å². The summed E-state index contributed by atoms with van der Waals surface area (Å²) in [4.78, 5) is 0. The highest BCUT2D eigenvalue weighted by Crippen LogP contribution is 2.59. The Morgan fingerprint density at radius 1 is 0.632 bits per heavy atom. The van der Waals surface area contributed by atoms with Crippen molar-refractivity contribution in [3.05, 3.63) is 0 Å². The molecule has 1 N–H and O–H groups in total. The molecule has 0 spiro atoms. The molecule has 0 radical (unpaired) electrons. The lowest BCUT2D eigenvalue weighted by Gasteiger charge is -2.52. The molecule has 0 aromatic heterocycles.